The maximum absolute atomic E-state index is 10.8. The SMILES string of the molecule is COc1cc(-c2cc(C)c3c(O)n(-c4ccc(CO)nc4)cc3n2)cnc1OC. The first kappa shape index (κ1) is 18.7. The van der Waals surface area contributed by atoms with E-state index < -0.39 is 0 Å². The lowest BCUT2D eigenvalue weighted by Crippen LogP contribution is -1.95. The molecule has 0 saturated heterocycles. The highest BCUT2D eigenvalue weighted by molar-refractivity contribution is 5.90. The van der Waals surface area contributed by atoms with Crippen molar-refractivity contribution in [1.29, 1.82) is 0 Å². The summed E-state index contributed by atoms with van der Waals surface area (Å²) in [5, 5.41) is 20.6. The number of hydrogen-bond donors (Lipinski definition) is 2. The Labute approximate surface area is 167 Å². The fourth-order valence-electron chi connectivity index (χ4n) is 3.25. The van der Waals surface area contributed by atoms with Crippen molar-refractivity contribution in [2.75, 3.05) is 14.2 Å². The number of aromatic nitrogens is 4. The van der Waals surface area contributed by atoms with Crippen LogP contribution in [0, 0.1) is 6.92 Å². The molecule has 0 aliphatic rings. The number of hydrogen-bond acceptors (Lipinski definition) is 7. The lowest BCUT2D eigenvalue weighted by Gasteiger charge is -2.09. The van der Waals surface area contributed by atoms with Crippen molar-refractivity contribution in [3.63, 3.8) is 0 Å². The van der Waals surface area contributed by atoms with Gasteiger partial charge in [0.2, 0.25) is 5.88 Å². The molecule has 29 heavy (non-hydrogen) atoms. The fourth-order valence-corrected chi connectivity index (χ4v) is 3.25. The van der Waals surface area contributed by atoms with E-state index in [2.05, 4.69) is 9.97 Å². The quantitative estimate of drug-likeness (QED) is 0.538. The molecule has 8 nitrogen and oxygen atoms in total. The molecule has 0 saturated carbocycles. The monoisotopic (exact) mass is 392 g/mol. The van der Waals surface area contributed by atoms with Gasteiger partial charge in [-0.25, -0.2) is 9.97 Å². The summed E-state index contributed by atoms with van der Waals surface area (Å²) >= 11 is 0. The van der Waals surface area contributed by atoms with Crippen molar-refractivity contribution in [3.8, 4) is 34.5 Å². The topological polar surface area (TPSA) is 103 Å². The molecule has 4 aromatic heterocycles. The van der Waals surface area contributed by atoms with E-state index in [1.54, 1.807) is 42.4 Å². The van der Waals surface area contributed by atoms with Gasteiger partial charge in [-0.2, -0.15) is 0 Å². The van der Waals surface area contributed by atoms with Crippen molar-refractivity contribution in [2.24, 2.45) is 0 Å². The maximum atomic E-state index is 10.8. The molecule has 8 heteroatoms. The summed E-state index contributed by atoms with van der Waals surface area (Å²) in [7, 11) is 3.09. The third kappa shape index (κ3) is 3.23. The largest absolute Gasteiger partial charge is 0.494 e. The van der Waals surface area contributed by atoms with E-state index in [1.807, 2.05) is 19.1 Å². The zero-order chi connectivity index (χ0) is 20.5. The van der Waals surface area contributed by atoms with Crippen LogP contribution in [0.1, 0.15) is 11.3 Å². The van der Waals surface area contributed by atoms with E-state index in [4.69, 9.17) is 19.6 Å². The van der Waals surface area contributed by atoms with Gasteiger partial charge >= 0.3 is 0 Å². The lowest BCUT2D eigenvalue weighted by atomic mass is 10.1. The minimum atomic E-state index is -0.136. The van der Waals surface area contributed by atoms with Crippen molar-refractivity contribution in [3.05, 3.63) is 54.1 Å². The molecular weight excluding hydrogens is 372 g/mol. The molecule has 0 spiro atoms. The number of aliphatic hydroxyl groups excluding tert-OH is 1. The van der Waals surface area contributed by atoms with Crippen LogP contribution >= 0.6 is 0 Å². The van der Waals surface area contributed by atoms with Crippen molar-refractivity contribution >= 4 is 10.9 Å². The number of nitrogens with zero attached hydrogens (tertiary/aromatic N) is 4. The number of aryl methyl sites for hydroxylation is 1. The minimum absolute atomic E-state index is 0.0838. The molecule has 0 aliphatic carbocycles. The van der Waals surface area contributed by atoms with Crippen LogP contribution in [-0.4, -0.2) is 44.0 Å². The molecule has 0 bridgehead atoms. The van der Waals surface area contributed by atoms with Gasteiger partial charge in [0.15, 0.2) is 5.75 Å². The summed E-state index contributed by atoms with van der Waals surface area (Å²) in [6.45, 7) is 1.78. The highest BCUT2D eigenvalue weighted by Gasteiger charge is 2.16. The fraction of sp³-hybridized carbons (Fsp3) is 0.190. The first-order valence-electron chi connectivity index (χ1n) is 8.92. The molecule has 0 unspecified atom stereocenters. The molecule has 4 heterocycles. The number of aromatic hydroxyl groups is 1. The predicted octanol–water partition coefficient (Wildman–Crippen LogP) is 3.01. The van der Waals surface area contributed by atoms with E-state index in [0.717, 1.165) is 11.1 Å². The van der Waals surface area contributed by atoms with E-state index in [1.165, 1.54) is 7.11 Å². The number of ether oxygens (including phenoxy) is 2. The molecule has 0 amide bonds. The van der Waals surface area contributed by atoms with Gasteiger partial charge in [0.1, 0.15) is 0 Å². The number of methoxy groups -OCH3 is 2. The van der Waals surface area contributed by atoms with Crippen LogP contribution in [0.15, 0.2) is 42.9 Å². The molecule has 0 aliphatic heterocycles. The second-order valence-corrected chi connectivity index (χ2v) is 6.51. The van der Waals surface area contributed by atoms with Crippen LogP contribution in [0.25, 0.3) is 27.8 Å². The first-order chi connectivity index (χ1) is 14.0. The Morgan fingerprint density at radius 1 is 1.07 bits per heavy atom. The molecule has 0 fully saturated rings. The Bertz CT molecular complexity index is 1190. The summed E-state index contributed by atoms with van der Waals surface area (Å²) in [5.41, 5.74) is 4.21. The van der Waals surface area contributed by atoms with Crippen molar-refractivity contribution in [1.82, 2.24) is 19.5 Å². The second-order valence-electron chi connectivity index (χ2n) is 6.51. The standard InChI is InChI=1S/C21H20N4O4/c1-12-6-16(13-7-18(28-2)20(29-3)23-8-13)24-17-10-25(21(27)19(12)17)15-5-4-14(11-26)22-9-15/h4-10,26-27H,11H2,1-3H3. The zero-order valence-corrected chi connectivity index (χ0v) is 16.2. The Hall–Kier alpha value is -3.65. The number of pyridine rings is 3. The summed E-state index contributed by atoms with van der Waals surface area (Å²) < 4.78 is 12.1. The summed E-state index contributed by atoms with van der Waals surface area (Å²) in [4.78, 5) is 13.1. The lowest BCUT2D eigenvalue weighted by molar-refractivity contribution is 0.277. The van der Waals surface area contributed by atoms with Gasteiger partial charge in [-0.15, -0.1) is 0 Å². The van der Waals surface area contributed by atoms with E-state index in [9.17, 15) is 5.11 Å². The minimum Gasteiger partial charge on any atom is -0.494 e. The van der Waals surface area contributed by atoms with Gasteiger partial charge in [0.05, 0.1) is 55.0 Å². The summed E-state index contributed by atoms with van der Waals surface area (Å²) in [5.74, 6) is 0.997. The van der Waals surface area contributed by atoms with Crippen molar-refractivity contribution < 1.29 is 19.7 Å². The average Bonchev–Trinajstić information content (AvgIpc) is 3.10. The number of fused-ring (bicyclic) bond motifs is 1. The van der Waals surface area contributed by atoms with Crippen LogP contribution in [0.3, 0.4) is 0 Å². The van der Waals surface area contributed by atoms with Crippen LogP contribution in [0.4, 0.5) is 0 Å². The van der Waals surface area contributed by atoms with Crippen LogP contribution in [0.5, 0.6) is 17.5 Å². The van der Waals surface area contributed by atoms with E-state index in [-0.39, 0.29) is 12.5 Å². The molecule has 0 atom stereocenters. The summed E-state index contributed by atoms with van der Waals surface area (Å²) in [6, 6.07) is 7.20. The van der Waals surface area contributed by atoms with Crippen molar-refractivity contribution in [2.45, 2.75) is 13.5 Å². The molecular formula is C21H20N4O4. The average molecular weight is 392 g/mol. The van der Waals surface area contributed by atoms with E-state index >= 15 is 0 Å². The van der Waals surface area contributed by atoms with Crippen LogP contribution in [0.2, 0.25) is 0 Å². The highest BCUT2D eigenvalue weighted by Crippen LogP contribution is 2.35. The molecule has 2 N–H and O–H groups in total. The molecule has 0 aromatic carbocycles. The number of aliphatic hydroxyl groups is 1. The third-order valence-corrected chi connectivity index (χ3v) is 4.72. The Morgan fingerprint density at radius 3 is 2.55 bits per heavy atom. The van der Waals surface area contributed by atoms with Gasteiger partial charge in [0, 0.05) is 18.0 Å². The third-order valence-electron chi connectivity index (χ3n) is 4.72. The Balaban J connectivity index is 1.83. The van der Waals surface area contributed by atoms with E-state index in [0.29, 0.717) is 39.6 Å². The van der Waals surface area contributed by atoms with Gasteiger partial charge in [-0.1, -0.05) is 0 Å². The molecule has 148 valence electrons. The number of rotatable bonds is 5. The first-order valence-corrected chi connectivity index (χ1v) is 8.92. The van der Waals surface area contributed by atoms with Gasteiger partial charge in [0.25, 0.3) is 5.88 Å². The second kappa shape index (κ2) is 7.40. The molecule has 4 aromatic rings. The van der Waals surface area contributed by atoms with Crippen LogP contribution in [-0.2, 0) is 6.61 Å². The zero-order valence-electron chi connectivity index (χ0n) is 16.2. The predicted molar refractivity (Wildman–Crippen MR) is 108 cm³/mol. The smallest absolute Gasteiger partial charge is 0.256 e. The maximum Gasteiger partial charge on any atom is 0.256 e. The Morgan fingerprint density at radius 2 is 1.90 bits per heavy atom. The summed E-state index contributed by atoms with van der Waals surface area (Å²) in [6.07, 6.45) is 5.02. The molecule has 4 rings (SSSR count). The Kier molecular flexibility index (Phi) is 4.77. The van der Waals surface area contributed by atoms with Gasteiger partial charge in [-0.05, 0) is 36.8 Å². The van der Waals surface area contributed by atoms with Gasteiger partial charge in [-0.3, -0.25) is 9.55 Å². The molecule has 0 radical (unpaired) electrons. The van der Waals surface area contributed by atoms with Gasteiger partial charge < -0.3 is 19.7 Å². The van der Waals surface area contributed by atoms with Crippen LogP contribution < -0.4 is 9.47 Å². The normalized spacial score (nSPS) is 11.0. The highest BCUT2D eigenvalue weighted by atomic mass is 16.5.